The van der Waals surface area contributed by atoms with E-state index in [-0.39, 0.29) is 17.8 Å². The van der Waals surface area contributed by atoms with Crippen molar-refractivity contribution in [2.24, 2.45) is 11.8 Å². The number of rotatable bonds is 6. The minimum atomic E-state index is -0.108. The molecule has 32 heavy (non-hydrogen) atoms. The van der Waals surface area contributed by atoms with Crippen molar-refractivity contribution in [2.45, 2.75) is 52.9 Å². The minimum Gasteiger partial charge on any atom is -0.497 e. The summed E-state index contributed by atoms with van der Waals surface area (Å²) in [7, 11) is 1.69. The Hall–Kier alpha value is -2.81. The zero-order chi connectivity index (χ0) is 23.1. The quantitative estimate of drug-likeness (QED) is 0.462. The minimum absolute atomic E-state index is 0.0636. The van der Waals surface area contributed by atoms with Crippen molar-refractivity contribution in [3.8, 4) is 5.75 Å². The van der Waals surface area contributed by atoms with Gasteiger partial charge in [0.15, 0.2) is 0 Å². The van der Waals surface area contributed by atoms with Gasteiger partial charge >= 0.3 is 5.97 Å². The van der Waals surface area contributed by atoms with E-state index in [2.05, 4.69) is 62.4 Å². The van der Waals surface area contributed by atoms with Crippen molar-refractivity contribution in [1.82, 2.24) is 0 Å². The van der Waals surface area contributed by atoms with E-state index in [1.165, 1.54) is 27.8 Å². The third-order valence-corrected chi connectivity index (χ3v) is 5.92. The van der Waals surface area contributed by atoms with Crippen LogP contribution in [0.5, 0.6) is 5.75 Å². The van der Waals surface area contributed by atoms with Gasteiger partial charge in [0.2, 0.25) is 0 Å². The fraction of sp³-hybridized carbons (Fsp3) is 0.414. The van der Waals surface area contributed by atoms with E-state index in [1.807, 2.05) is 26.0 Å². The third kappa shape index (κ3) is 5.91. The summed E-state index contributed by atoms with van der Waals surface area (Å²) in [5, 5.41) is 0. The summed E-state index contributed by atoms with van der Waals surface area (Å²) in [6.45, 7) is 8.67. The highest BCUT2D eigenvalue weighted by molar-refractivity contribution is 5.85. The predicted molar refractivity (Wildman–Crippen MR) is 132 cm³/mol. The molecule has 0 fully saturated rings. The molecule has 1 atom stereocenters. The monoisotopic (exact) mass is 432 g/mol. The van der Waals surface area contributed by atoms with E-state index in [0.717, 1.165) is 30.9 Å². The van der Waals surface area contributed by atoms with Crippen LogP contribution in [0, 0.1) is 11.8 Å². The van der Waals surface area contributed by atoms with Gasteiger partial charge < -0.3 is 9.47 Å². The van der Waals surface area contributed by atoms with Gasteiger partial charge in [-0.25, -0.2) is 0 Å². The lowest BCUT2D eigenvalue weighted by atomic mass is 9.91. The SMILES string of the molecule is CC(C)C(=O)OCC1C2=C(C=CCC2)c2ccccc21.COc1ccc(CC(C)C)cc1. The Kier molecular flexibility index (Phi) is 8.33. The van der Waals surface area contributed by atoms with E-state index >= 15 is 0 Å². The zero-order valence-electron chi connectivity index (χ0n) is 20.1. The number of carbonyl (C=O) groups excluding carboxylic acids is 1. The fourth-order valence-corrected chi connectivity index (χ4v) is 4.30. The Labute approximate surface area is 193 Å². The van der Waals surface area contributed by atoms with Gasteiger partial charge in [-0.05, 0) is 59.6 Å². The van der Waals surface area contributed by atoms with Crippen LogP contribution in [0.2, 0.25) is 0 Å². The number of benzene rings is 2. The van der Waals surface area contributed by atoms with Crippen LogP contribution in [0.25, 0.3) is 5.57 Å². The normalized spacial score (nSPS) is 16.4. The molecule has 0 saturated heterocycles. The van der Waals surface area contributed by atoms with Gasteiger partial charge in [0, 0.05) is 5.92 Å². The van der Waals surface area contributed by atoms with Gasteiger partial charge in [-0.15, -0.1) is 0 Å². The fourth-order valence-electron chi connectivity index (χ4n) is 4.30. The number of fused-ring (bicyclic) bond motifs is 2. The van der Waals surface area contributed by atoms with E-state index in [0.29, 0.717) is 6.61 Å². The highest BCUT2D eigenvalue weighted by Gasteiger charge is 2.31. The molecule has 4 rings (SSSR count). The first kappa shape index (κ1) is 23.8. The summed E-state index contributed by atoms with van der Waals surface area (Å²) in [6.07, 6.45) is 7.76. The largest absolute Gasteiger partial charge is 0.497 e. The molecule has 0 bridgehead atoms. The number of esters is 1. The molecule has 2 aliphatic carbocycles. The van der Waals surface area contributed by atoms with Crippen LogP contribution in [0.15, 0.2) is 66.3 Å². The number of methoxy groups -OCH3 is 1. The van der Waals surface area contributed by atoms with Gasteiger partial charge in [-0.1, -0.05) is 81.8 Å². The number of allylic oxidation sites excluding steroid dienone is 3. The van der Waals surface area contributed by atoms with Crippen molar-refractivity contribution >= 4 is 11.5 Å². The maximum absolute atomic E-state index is 11.7. The second-order valence-corrected chi connectivity index (χ2v) is 9.25. The lowest BCUT2D eigenvalue weighted by Gasteiger charge is -2.18. The third-order valence-electron chi connectivity index (χ3n) is 5.92. The maximum Gasteiger partial charge on any atom is 0.308 e. The lowest BCUT2D eigenvalue weighted by Crippen LogP contribution is -2.17. The Morgan fingerprint density at radius 2 is 1.75 bits per heavy atom. The smallest absolute Gasteiger partial charge is 0.308 e. The molecule has 0 spiro atoms. The maximum atomic E-state index is 11.7. The van der Waals surface area contributed by atoms with Crippen molar-refractivity contribution in [2.75, 3.05) is 13.7 Å². The summed E-state index contributed by atoms with van der Waals surface area (Å²) in [5.41, 5.74) is 6.78. The van der Waals surface area contributed by atoms with E-state index < -0.39 is 0 Å². The molecule has 170 valence electrons. The summed E-state index contributed by atoms with van der Waals surface area (Å²) >= 11 is 0. The molecule has 2 aliphatic rings. The van der Waals surface area contributed by atoms with Crippen LogP contribution in [0.3, 0.4) is 0 Å². The molecule has 2 aromatic rings. The molecule has 3 heteroatoms. The van der Waals surface area contributed by atoms with Gasteiger partial charge in [-0.3, -0.25) is 4.79 Å². The average Bonchev–Trinajstić information content (AvgIpc) is 3.12. The first-order chi connectivity index (χ1) is 15.4. The molecular formula is C29H36O3. The van der Waals surface area contributed by atoms with Gasteiger partial charge in [0.25, 0.3) is 0 Å². The van der Waals surface area contributed by atoms with Crippen LogP contribution >= 0.6 is 0 Å². The first-order valence-corrected chi connectivity index (χ1v) is 11.7. The lowest BCUT2D eigenvalue weighted by molar-refractivity contribution is -0.147. The summed E-state index contributed by atoms with van der Waals surface area (Å²) in [4.78, 5) is 11.7. The molecule has 0 saturated carbocycles. The molecule has 0 aliphatic heterocycles. The van der Waals surface area contributed by atoms with Gasteiger partial charge in [0.1, 0.15) is 12.4 Å². The van der Waals surface area contributed by atoms with Crippen LogP contribution in [-0.4, -0.2) is 19.7 Å². The Morgan fingerprint density at radius 3 is 2.41 bits per heavy atom. The predicted octanol–water partition coefficient (Wildman–Crippen LogP) is 6.98. The molecule has 0 amide bonds. The number of hydrogen-bond acceptors (Lipinski definition) is 3. The molecular weight excluding hydrogens is 396 g/mol. The summed E-state index contributed by atoms with van der Waals surface area (Å²) in [6, 6.07) is 16.7. The number of hydrogen-bond donors (Lipinski definition) is 0. The van der Waals surface area contributed by atoms with Gasteiger partial charge in [0.05, 0.1) is 13.0 Å². The molecule has 3 nitrogen and oxygen atoms in total. The number of ether oxygens (including phenoxy) is 2. The zero-order valence-corrected chi connectivity index (χ0v) is 20.1. The van der Waals surface area contributed by atoms with Crippen LogP contribution in [-0.2, 0) is 16.0 Å². The topological polar surface area (TPSA) is 35.5 Å². The van der Waals surface area contributed by atoms with E-state index in [4.69, 9.17) is 9.47 Å². The Balaban J connectivity index is 0.000000207. The van der Waals surface area contributed by atoms with Crippen LogP contribution in [0.1, 0.15) is 63.1 Å². The molecule has 1 unspecified atom stereocenters. The average molecular weight is 433 g/mol. The van der Waals surface area contributed by atoms with Crippen LogP contribution < -0.4 is 4.74 Å². The standard InChI is InChI=1S/C18H20O2.C11H16O/c1-12(2)18(19)20-11-17-15-9-5-3-7-13(15)14-8-4-6-10-16(14)17;1-9(2)8-10-4-6-11(12-3)7-5-10/h3-5,7-9,12,17H,6,10-11H2,1-2H3;4-7,9H,8H2,1-3H3. The van der Waals surface area contributed by atoms with Crippen molar-refractivity contribution in [3.63, 3.8) is 0 Å². The van der Waals surface area contributed by atoms with E-state index in [9.17, 15) is 4.79 Å². The molecule has 0 aromatic heterocycles. The highest BCUT2D eigenvalue weighted by Crippen LogP contribution is 2.46. The van der Waals surface area contributed by atoms with Crippen molar-refractivity contribution in [3.05, 3.63) is 82.9 Å². The van der Waals surface area contributed by atoms with Crippen molar-refractivity contribution in [1.29, 1.82) is 0 Å². The number of carbonyl (C=O) groups is 1. The van der Waals surface area contributed by atoms with Crippen LogP contribution in [0.4, 0.5) is 0 Å². The second-order valence-electron chi connectivity index (χ2n) is 9.25. The second kappa shape index (κ2) is 11.2. The van der Waals surface area contributed by atoms with E-state index in [1.54, 1.807) is 7.11 Å². The van der Waals surface area contributed by atoms with Gasteiger partial charge in [-0.2, -0.15) is 0 Å². The van der Waals surface area contributed by atoms with Crippen molar-refractivity contribution < 1.29 is 14.3 Å². The Morgan fingerprint density at radius 1 is 1.03 bits per heavy atom. The Bertz CT molecular complexity index is 964. The summed E-state index contributed by atoms with van der Waals surface area (Å²) in [5.74, 6) is 1.73. The molecule has 2 aromatic carbocycles. The highest BCUT2D eigenvalue weighted by atomic mass is 16.5. The molecule has 0 heterocycles. The molecule has 0 radical (unpaired) electrons. The summed E-state index contributed by atoms with van der Waals surface area (Å²) < 4.78 is 10.6. The molecule has 0 N–H and O–H groups in total. The first-order valence-electron chi connectivity index (χ1n) is 11.7.